The van der Waals surface area contributed by atoms with Crippen molar-refractivity contribution in [2.75, 3.05) is 18.5 Å². The summed E-state index contributed by atoms with van der Waals surface area (Å²) in [5, 5.41) is 13.1. The average Bonchev–Trinajstić information content (AvgIpc) is 3.07. The molecule has 1 amide bonds. The topological polar surface area (TPSA) is 225 Å². The van der Waals surface area contributed by atoms with Gasteiger partial charge in [0.15, 0.2) is 12.3 Å². The van der Waals surface area contributed by atoms with Crippen molar-refractivity contribution in [2.24, 2.45) is 0 Å². The van der Waals surface area contributed by atoms with Gasteiger partial charge in [0.25, 0.3) is 5.56 Å². The fourth-order valence-electron chi connectivity index (χ4n) is 3.14. The summed E-state index contributed by atoms with van der Waals surface area (Å²) in [6.07, 6.45) is -6.33. The Morgan fingerprint density at radius 1 is 1.14 bits per heavy atom. The molecule has 16 nitrogen and oxygen atoms in total. The largest absolute Gasteiger partial charge is 0.481 e. The van der Waals surface area contributed by atoms with E-state index < -0.39 is 64.1 Å². The number of carbonyl (C=O) groups is 1. The number of aromatic nitrogens is 2. The summed E-state index contributed by atoms with van der Waals surface area (Å²) in [6, 6.07) is 9.09. The van der Waals surface area contributed by atoms with Crippen molar-refractivity contribution in [3.05, 3.63) is 63.4 Å². The van der Waals surface area contributed by atoms with Crippen molar-refractivity contribution < 1.29 is 51.6 Å². The Kier molecular flexibility index (Phi) is 9.00. The van der Waals surface area contributed by atoms with Gasteiger partial charge in [-0.2, -0.15) is 4.31 Å². The molecule has 5 N–H and O–H groups in total. The Hall–Kier alpha value is -2.65. The maximum Gasteiger partial charge on any atom is 0.481 e. The first-order valence-electron chi connectivity index (χ1n) is 10.2. The van der Waals surface area contributed by atoms with Crippen LogP contribution in [-0.2, 0) is 32.0 Å². The highest BCUT2D eigenvalue weighted by molar-refractivity contribution is 7.61. The molecule has 2 aromatic rings. The minimum atomic E-state index is -5.19. The first-order valence-corrected chi connectivity index (χ1v) is 13.2. The van der Waals surface area contributed by atoms with Gasteiger partial charge in [-0.25, -0.2) is 18.7 Å². The van der Waals surface area contributed by atoms with Crippen molar-refractivity contribution in [1.29, 1.82) is 0 Å². The van der Waals surface area contributed by atoms with E-state index in [1.54, 1.807) is 30.3 Å². The van der Waals surface area contributed by atoms with E-state index in [0.29, 0.717) is 5.69 Å². The van der Waals surface area contributed by atoms with E-state index in [9.17, 15) is 38.4 Å². The number of aliphatic hydroxyl groups is 1. The number of rotatable bonds is 10. The number of hydrogen-bond donors (Lipinski definition) is 5. The highest BCUT2D eigenvalue weighted by Crippen LogP contribution is 2.60. The molecule has 1 saturated heterocycles. The highest BCUT2D eigenvalue weighted by Gasteiger charge is 2.49. The Morgan fingerprint density at radius 3 is 2.44 bits per heavy atom. The summed E-state index contributed by atoms with van der Waals surface area (Å²) in [5.74, 6) is 0. The van der Waals surface area contributed by atoms with E-state index in [2.05, 4.69) is 18.7 Å². The van der Waals surface area contributed by atoms with E-state index in [1.165, 1.54) is 6.92 Å². The van der Waals surface area contributed by atoms with Gasteiger partial charge < -0.3 is 24.4 Å². The first kappa shape index (κ1) is 27.9. The Balaban J connectivity index is 1.78. The molecule has 1 aliphatic rings. The molecule has 1 aromatic heterocycles. The Labute approximate surface area is 202 Å². The molecule has 1 aromatic carbocycles. The molecule has 36 heavy (non-hydrogen) atoms. The van der Waals surface area contributed by atoms with Crippen LogP contribution < -0.4 is 16.6 Å². The molecule has 2 heterocycles. The number of aromatic amines is 1. The highest BCUT2D eigenvalue weighted by atomic mass is 31.3. The van der Waals surface area contributed by atoms with Crippen molar-refractivity contribution in [1.82, 2.24) is 9.55 Å². The van der Waals surface area contributed by atoms with Crippen LogP contribution in [0.25, 0.3) is 0 Å². The summed E-state index contributed by atoms with van der Waals surface area (Å²) in [6.45, 7) is 0.124. The van der Waals surface area contributed by atoms with E-state index >= 15 is 0 Å². The van der Waals surface area contributed by atoms with Crippen LogP contribution in [0.1, 0.15) is 13.2 Å². The summed E-state index contributed by atoms with van der Waals surface area (Å²) in [7, 11) is -10.1. The maximum atomic E-state index is 12.4. The predicted octanol–water partition coefficient (Wildman–Crippen LogP) is 0.683. The standard InChI is InChI=1S/C18H23N3O13P2/c1-2-30-35(26,27)34-36(28,29)31-10-12-14(23)15(33-18(25)19-11-6-4-3-5-7-11)16(32-12)21-9-8-13(22)20-17(21)24/h3-9,12,14-16,23H,2,10H2,1H3,(H,19,25)(H,26,27)(H,28,29)(H,20,22,24). The van der Waals surface area contributed by atoms with E-state index in [1.807, 2.05) is 4.98 Å². The zero-order valence-electron chi connectivity index (χ0n) is 18.5. The lowest BCUT2D eigenvalue weighted by Crippen LogP contribution is -2.41. The predicted molar refractivity (Wildman–Crippen MR) is 120 cm³/mol. The van der Waals surface area contributed by atoms with Crippen LogP contribution in [-0.4, -0.2) is 62.1 Å². The van der Waals surface area contributed by atoms with Crippen molar-refractivity contribution in [3.63, 3.8) is 0 Å². The van der Waals surface area contributed by atoms with Crippen molar-refractivity contribution in [3.8, 4) is 0 Å². The lowest BCUT2D eigenvalue weighted by Gasteiger charge is -2.22. The number of phosphoric ester groups is 2. The Bertz CT molecular complexity index is 1270. The molecule has 18 heteroatoms. The smallest absolute Gasteiger partial charge is 0.438 e. The second-order valence-electron chi connectivity index (χ2n) is 7.17. The lowest BCUT2D eigenvalue weighted by molar-refractivity contribution is -0.0552. The molecule has 0 bridgehead atoms. The van der Waals surface area contributed by atoms with Crippen LogP contribution in [0, 0.1) is 0 Å². The quantitative estimate of drug-likeness (QED) is 0.257. The van der Waals surface area contributed by atoms with Crippen LogP contribution in [0.3, 0.4) is 0 Å². The summed E-state index contributed by atoms with van der Waals surface area (Å²) >= 11 is 0. The van der Waals surface area contributed by atoms with Gasteiger partial charge >= 0.3 is 27.4 Å². The number of benzene rings is 1. The SMILES string of the molecule is CCOP(=O)(O)OP(=O)(O)OCC1OC(n2ccc(=O)[nH]c2=O)C(OC(=O)Nc2ccccc2)C1O. The number of carbonyl (C=O) groups excluding carboxylic acids is 1. The molecular formula is C18H23N3O13P2. The first-order chi connectivity index (χ1) is 16.9. The van der Waals surface area contributed by atoms with E-state index in [4.69, 9.17) is 9.47 Å². The third-order valence-corrected chi connectivity index (χ3v) is 7.31. The van der Waals surface area contributed by atoms with Gasteiger partial charge in [0, 0.05) is 18.0 Å². The normalized spacial score (nSPS) is 25.0. The van der Waals surface area contributed by atoms with Gasteiger partial charge in [-0.05, 0) is 19.1 Å². The maximum absolute atomic E-state index is 12.4. The molecule has 6 unspecified atom stereocenters. The minimum absolute atomic E-state index is 0.308. The third kappa shape index (κ3) is 7.43. The Morgan fingerprint density at radius 2 is 1.81 bits per heavy atom. The second kappa shape index (κ2) is 11.6. The van der Waals surface area contributed by atoms with Crippen LogP contribution in [0.2, 0.25) is 0 Å². The molecule has 198 valence electrons. The van der Waals surface area contributed by atoms with Gasteiger partial charge in [-0.3, -0.25) is 28.7 Å². The number of amides is 1. The second-order valence-corrected chi connectivity index (χ2v) is 10.2. The van der Waals surface area contributed by atoms with Gasteiger partial charge in [0.1, 0.15) is 12.2 Å². The van der Waals surface area contributed by atoms with Crippen LogP contribution in [0.4, 0.5) is 10.5 Å². The molecule has 6 atom stereocenters. The molecule has 0 spiro atoms. The molecule has 3 rings (SSSR count). The zero-order valence-corrected chi connectivity index (χ0v) is 20.3. The van der Waals surface area contributed by atoms with Crippen LogP contribution in [0.5, 0.6) is 0 Å². The third-order valence-electron chi connectivity index (χ3n) is 4.60. The lowest BCUT2D eigenvalue weighted by atomic mass is 10.1. The summed E-state index contributed by atoms with van der Waals surface area (Å²) < 4.78 is 48.3. The number of phosphoric acid groups is 2. The number of hydrogen-bond acceptors (Lipinski definition) is 11. The fraction of sp³-hybridized carbons (Fsp3) is 0.389. The van der Waals surface area contributed by atoms with Crippen LogP contribution in [0.15, 0.2) is 52.2 Å². The number of aliphatic hydroxyl groups excluding tert-OH is 1. The average molecular weight is 551 g/mol. The van der Waals surface area contributed by atoms with Crippen molar-refractivity contribution >= 4 is 27.4 Å². The molecule has 0 saturated carbocycles. The number of anilines is 1. The monoisotopic (exact) mass is 551 g/mol. The molecule has 1 fully saturated rings. The molecule has 0 radical (unpaired) electrons. The number of ether oxygens (including phenoxy) is 2. The molecular weight excluding hydrogens is 528 g/mol. The van der Waals surface area contributed by atoms with Gasteiger partial charge in [-0.1, -0.05) is 18.2 Å². The number of nitrogens with zero attached hydrogens (tertiary/aromatic N) is 1. The number of para-hydroxylation sites is 1. The van der Waals surface area contributed by atoms with E-state index in [0.717, 1.165) is 16.8 Å². The zero-order chi connectivity index (χ0) is 26.5. The van der Waals surface area contributed by atoms with Gasteiger partial charge in [-0.15, -0.1) is 0 Å². The molecule has 1 aliphatic heterocycles. The van der Waals surface area contributed by atoms with Crippen LogP contribution >= 0.6 is 15.6 Å². The minimum Gasteiger partial charge on any atom is -0.438 e. The van der Waals surface area contributed by atoms with Gasteiger partial charge in [0.05, 0.1) is 13.2 Å². The van der Waals surface area contributed by atoms with E-state index in [-0.39, 0.29) is 6.61 Å². The molecule has 0 aliphatic carbocycles. The van der Waals surface area contributed by atoms with Gasteiger partial charge in [0.2, 0.25) is 0 Å². The number of H-pyrrole nitrogens is 1. The summed E-state index contributed by atoms with van der Waals surface area (Å²) in [5.41, 5.74) is -1.34. The fourth-order valence-corrected chi connectivity index (χ4v) is 5.22. The summed E-state index contributed by atoms with van der Waals surface area (Å²) in [4.78, 5) is 57.2. The number of nitrogens with one attached hydrogen (secondary N) is 2. The van der Waals surface area contributed by atoms with Crippen molar-refractivity contribution in [2.45, 2.75) is 31.5 Å².